The summed E-state index contributed by atoms with van der Waals surface area (Å²) < 4.78 is 24.8. The van der Waals surface area contributed by atoms with Crippen LogP contribution in [0.25, 0.3) is 0 Å². The maximum absolute atomic E-state index is 12.4. The van der Waals surface area contributed by atoms with Crippen LogP contribution >= 0.6 is 0 Å². The summed E-state index contributed by atoms with van der Waals surface area (Å²) in [4.78, 5) is 2.61. The number of hydrogen-bond acceptors (Lipinski definition) is 3. The summed E-state index contributed by atoms with van der Waals surface area (Å²) in [7, 11) is -3.22. The van der Waals surface area contributed by atoms with Gasteiger partial charge >= 0.3 is 0 Å². The number of para-hydroxylation sites is 1. The number of rotatable bonds is 4. The molecular weight excluding hydrogens is 282 g/mol. The number of benzene rings is 2. The van der Waals surface area contributed by atoms with Gasteiger partial charge in [0.1, 0.15) is 0 Å². The summed E-state index contributed by atoms with van der Waals surface area (Å²) in [5, 5.41) is 0. The van der Waals surface area contributed by atoms with Gasteiger partial charge in [-0.2, -0.15) is 0 Å². The highest BCUT2D eigenvalue weighted by Gasteiger charge is 2.26. The first kappa shape index (κ1) is 14.1. The molecule has 0 saturated carbocycles. The molecule has 0 saturated heterocycles. The molecule has 2 aromatic carbocycles. The Kier molecular flexibility index (Phi) is 3.72. The van der Waals surface area contributed by atoms with E-state index in [9.17, 15) is 8.42 Å². The first-order chi connectivity index (χ1) is 10.1. The Morgan fingerprint density at radius 3 is 2.48 bits per heavy atom. The molecular formula is C17H19NO2S. The quantitative estimate of drug-likeness (QED) is 0.871. The van der Waals surface area contributed by atoms with Crippen molar-refractivity contribution in [1.29, 1.82) is 0 Å². The summed E-state index contributed by atoms with van der Waals surface area (Å²) in [6, 6.07) is 17.3. The fourth-order valence-corrected chi connectivity index (χ4v) is 4.18. The molecule has 0 amide bonds. The molecule has 4 heteroatoms. The summed E-state index contributed by atoms with van der Waals surface area (Å²) in [6.07, 6.45) is 0.988. The van der Waals surface area contributed by atoms with Crippen molar-refractivity contribution in [3.05, 3.63) is 60.2 Å². The van der Waals surface area contributed by atoms with Crippen molar-refractivity contribution in [1.82, 2.24) is 0 Å². The highest BCUT2D eigenvalue weighted by Crippen LogP contribution is 2.31. The van der Waals surface area contributed by atoms with Crippen molar-refractivity contribution >= 4 is 15.5 Å². The minimum atomic E-state index is -3.22. The lowest BCUT2D eigenvalue weighted by Gasteiger charge is -2.24. The van der Waals surface area contributed by atoms with E-state index in [1.165, 1.54) is 11.3 Å². The number of nitrogens with zero attached hydrogens (tertiary/aromatic N) is 1. The summed E-state index contributed by atoms with van der Waals surface area (Å²) >= 11 is 0. The van der Waals surface area contributed by atoms with Crippen LogP contribution in [-0.2, 0) is 16.3 Å². The zero-order chi connectivity index (χ0) is 14.9. The SMILES string of the molecule is CC1Cc2ccccc2N1CCS(=O)(=O)c1ccccc1. The van der Waals surface area contributed by atoms with E-state index in [2.05, 4.69) is 24.0 Å². The number of anilines is 1. The molecule has 0 fully saturated rings. The number of sulfone groups is 1. The van der Waals surface area contributed by atoms with Crippen LogP contribution in [0.4, 0.5) is 5.69 Å². The normalized spacial score (nSPS) is 17.8. The smallest absolute Gasteiger partial charge is 0.180 e. The van der Waals surface area contributed by atoms with E-state index in [1.54, 1.807) is 24.3 Å². The van der Waals surface area contributed by atoms with E-state index < -0.39 is 9.84 Å². The highest BCUT2D eigenvalue weighted by atomic mass is 32.2. The van der Waals surface area contributed by atoms with Gasteiger partial charge in [-0.05, 0) is 37.1 Å². The standard InChI is InChI=1S/C17H19NO2S/c1-14-13-15-7-5-6-10-17(15)18(14)11-12-21(19,20)16-8-3-2-4-9-16/h2-10,14H,11-13H2,1H3. The molecule has 3 rings (SSSR count). The molecule has 0 N–H and O–H groups in total. The lowest BCUT2D eigenvalue weighted by Crippen LogP contribution is -2.33. The average Bonchev–Trinajstić information content (AvgIpc) is 2.81. The van der Waals surface area contributed by atoms with E-state index in [4.69, 9.17) is 0 Å². The van der Waals surface area contributed by atoms with Crippen LogP contribution in [0.1, 0.15) is 12.5 Å². The minimum Gasteiger partial charge on any atom is -0.367 e. The van der Waals surface area contributed by atoms with E-state index in [-0.39, 0.29) is 5.75 Å². The van der Waals surface area contributed by atoms with Crippen LogP contribution in [0.5, 0.6) is 0 Å². The van der Waals surface area contributed by atoms with E-state index in [1.807, 2.05) is 18.2 Å². The topological polar surface area (TPSA) is 37.4 Å². The second-order valence-corrected chi connectivity index (χ2v) is 7.62. The molecule has 0 aliphatic carbocycles. The van der Waals surface area contributed by atoms with Gasteiger partial charge in [0, 0.05) is 18.3 Å². The second-order valence-electron chi connectivity index (χ2n) is 5.51. The number of hydrogen-bond donors (Lipinski definition) is 0. The average molecular weight is 301 g/mol. The predicted octanol–water partition coefficient (Wildman–Crippen LogP) is 2.91. The second kappa shape index (κ2) is 5.53. The van der Waals surface area contributed by atoms with Crippen molar-refractivity contribution in [2.45, 2.75) is 24.3 Å². The van der Waals surface area contributed by atoms with Crippen LogP contribution in [0.2, 0.25) is 0 Å². The Morgan fingerprint density at radius 1 is 1.05 bits per heavy atom. The third kappa shape index (κ3) is 2.81. The summed E-state index contributed by atoms with van der Waals surface area (Å²) in [6.45, 7) is 2.69. The Hall–Kier alpha value is -1.81. The van der Waals surface area contributed by atoms with Gasteiger partial charge in [-0.1, -0.05) is 36.4 Å². The van der Waals surface area contributed by atoms with E-state index in [0.29, 0.717) is 17.5 Å². The molecule has 110 valence electrons. The molecule has 3 nitrogen and oxygen atoms in total. The van der Waals surface area contributed by atoms with Gasteiger partial charge in [0.2, 0.25) is 0 Å². The molecule has 1 aliphatic rings. The van der Waals surface area contributed by atoms with Crippen LogP contribution in [0.15, 0.2) is 59.5 Å². The highest BCUT2D eigenvalue weighted by molar-refractivity contribution is 7.91. The van der Waals surface area contributed by atoms with Crippen LogP contribution in [0, 0.1) is 0 Å². The van der Waals surface area contributed by atoms with Crippen LogP contribution < -0.4 is 4.90 Å². The Labute approximate surface area is 126 Å². The lowest BCUT2D eigenvalue weighted by atomic mass is 10.1. The summed E-state index contributed by atoms with van der Waals surface area (Å²) in [5.74, 6) is 0.148. The molecule has 0 aromatic heterocycles. The third-order valence-corrected chi connectivity index (χ3v) is 5.76. The van der Waals surface area contributed by atoms with Gasteiger partial charge in [0.25, 0.3) is 0 Å². The fourth-order valence-electron chi connectivity index (χ4n) is 2.93. The van der Waals surface area contributed by atoms with E-state index >= 15 is 0 Å². The molecule has 0 bridgehead atoms. The zero-order valence-corrected chi connectivity index (χ0v) is 12.9. The fraction of sp³-hybridized carbons (Fsp3) is 0.294. The maximum Gasteiger partial charge on any atom is 0.180 e. The zero-order valence-electron chi connectivity index (χ0n) is 12.1. The van der Waals surface area contributed by atoms with Crippen molar-refractivity contribution in [2.75, 3.05) is 17.2 Å². The predicted molar refractivity (Wildman–Crippen MR) is 85.4 cm³/mol. The van der Waals surface area contributed by atoms with Gasteiger partial charge in [-0.25, -0.2) is 8.42 Å². The molecule has 1 aliphatic heterocycles. The monoisotopic (exact) mass is 301 g/mol. The Balaban J connectivity index is 1.77. The molecule has 1 atom stereocenters. The van der Waals surface area contributed by atoms with Crippen molar-refractivity contribution in [3.8, 4) is 0 Å². The molecule has 1 heterocycles. The van der Waals surface area contributed by atoms with Gasteiger partial charge < -0.3 is 4.90 Å². The Morgan fingerprint density at radius 2 is 1.71 bits per heavy atom. The van der Waals surface area contributed by atoms with Crippen molar-refractivity contribution < 1.29 is 8.42 Å². The van der Waals surface area contributed by atoms with Gasteiger partial charge in [0.15, 0.2) is 9.84 Å². The first-order valence-corrected chi connectivity index (χ1v) is 8.85. The van der Waals surface area contributed by atoms with Gasteiger partial charge in [0.05, 0.1) is 10.6 Å². The molecule has 21 heavy (non-hydrogen) atoms. The van der Waals surface area contributed by atoms with Crippen molar-refractivity contribution in [2.24, 2.45) is 0 Å². The van der Waals surface area contributed by atoms with E-state index in [0.717, 1.165) is 6.42 Å². The van der Waals surface area contributed by atoms with Crippen LogP contribution in [-0.4, -0.2) is 26.8 Å². The Bertz CT molecular complexity index is 725. The number of fused-ring (bicyclic) bond motifs is 1. The summed E-state index contributed by atoms with van der Waals surface area (Å²) in [5.41, 5.74) is 2.48. The van der Waals surface area contributed by atoms with Crippen LogP contribution in [0.3, 0.4) is 0 Å². The maximum atomic E-state index is 12.4. The molecule has 0 radical (unpaired) electrons. The third-order valence-electron chi connectivity index (χ3n) is 4.05. The molecule has 1 unspecified atom stereocenters. The molecule has 0 spiro atoms. The molecule has 2 aromatic rings. The van der Waals surface area contributed by atoms with Gasteiger partial charge in [-0.3, -0.25) is 0 Å². The largest absolute Gasteiger partial charge is 0.367 e. The van der Waals surface area contributed by atoms with Crippen molar-refractivity contribution in [3.63, 3.8) is 0 Å². The first-order valence-electron chi connectivity index (χ1n) is 7.20. The minimum absolute atomic E-state index is 0.148. The van der Waals surface area contributed by atoms with Gasteiger partial charge in [-0.15, -0.1) is 0 Å². The lowest BCUT2D eigenvalue weighted by molar-refractivity contribution is 0.592.